The zero-order valence-corrected chi connectivity index (χ0v) is 19.0. The van der Waals surface area contributed by atoms with E-state index in [2.05, 4.69) is 60.0 Å². The van der Waals surface area contributed by atoms with Gasteiger partial charge in [0.05, 0.1) is 24.2 Å². The van der Waals surface area contributed by atoms with Gasteiger partial charge in [-0.2, -0.15) is 0 Å². The number of piperazine rings is 1. The lowest BCUT2D eigenvalue weighted by atomic mass is 9.82. The number of benzene rings is 2. The summed E-state index contributed by atoms with van der Waals surface area (Å²) in [6, 6.07) is 16.8. The number of hydrogen-bond acceptors (Lipinski definition) is 4. The molecular formula is C25H30ClN3O2. The monoisotopic (exact) mass is 439 g/mol. The predicted octanol–water partition coefficient (Wildman–Crippen LogP) is 3.84. The van der Waals surface area contributed by atoms with Gasteiger partial charge in [0.2, 0.25) is 5.91 Å². The largest absolute Gasteiger partial charge is 0.372 e. The number of fused-ring (bicyclic) bond motifs is 3. The second-order valence-corrected chi connectivity index (χ2v) is 9.56. The molecule has 3 aliphatic rings. The van der Waals surface area contributed by atoms with Gasteiger partial charge in [-0.15, -0.1) is 0 Å². The van der Waals surface area contributed by atoms with Gasteiger partial charge in [0.15, 0.2) is 0 Å². The van der Waals surface area contributed by atoms with Gasteiger partial charge >= 0.3 is 0 Å². The summed E-state index contributed by atoms with van der Waals surface area (Å²) in [6.07, 6.45) is 0.957. The second-order valence-electron chi connectivity index (χ2n) is 9.12. The topological polar surface area (TPSA) is 36.0 Å². The SMILES string of the molecule is CC1CN(C(=O)C2Cc3ccccc3N3CCN(c4ccc(Cl)cc4)CC23)CC(C)O1. The molecule has 3 heterocycles. The van der Waals surface area contributed by atoms with E-state index in [9.17, 15) is 4.79 Å². The Kier molecular flexibility index (Phi) is 5.57. The Morgan fingerprint density at radius 3 is 2.42 bits per heavy atom. The first-order chi connectivity index (χ1) is 15.0. The highest BCUT2D eigenvalue weighted by Crippen LogP contribution is 2.38. The second kappa shape index (κ2) is 8.36. The van der Waals surface area contributed by atoms with Crippen molar-refractivity contribution in [2.45, 2.75) is 38.5 Å². The lowest BCUT2D eigenvalue weighted by Gasteiger charge is -2.50. The fourth-order valence-electron chi connectivity index (χ4n) is 5.52. The van der Waals surface area contributed by atoms with Gasteiger partial charge < -0.3 is 19.4 Å². The molecule has 4 atom stereocenters. The minimum Gasteiger partial charge on any atom is -0.372 e. The average molecular weight is 440 g/mol. The van der Waals surface area contributed by atoms with E-state index in [1.807, 2.05) is 17.0 Å². The number of halogens is 1. The summed E-state index contributed by atoms with van der Waals surface area (Å²) in [5.41, 5.74) is 3.74. The van der Waals surface area contributed by atoms with Crippen LogP contribution in [0, 0.1) is 5.92 Å². The summed E-state index contributed by atoms with van der Waals surface area (Å²) in [7, 11) is 0. The maximum Gasteiger partial charge on any atom is 0.228 e. The molecule has 6 heteroatoms. The number of hydrogen-bond donors (Lipinski definition) is 0. The number of amides is 1. The third-order valence-corrected chi connectivity index (χ3v) is 7.12. The molecule has 164 valence electrons. The lowest BCUT2D eigenvalue weighted by Crippen LogP contribution is -2.62. The van der Waals surface area contributed by atoms with Crippen LogP contribution in [0.25, 0.3) is 0 Å². The van der Waals surface area contributed by atoms with Crippen molar-refractivity contribution in [2.75, 3.05) is 42.5 Å². The fourth-order valence-corrected chi connectivity index (χ4v) is 5.65. The summed E-state index contributed by atoms with van der Waals surface area (Å²) >= 11 is 6.10. The van der Waals surface area contributed by atoms with Crippen LogP contribution in [0.4, 0.5) is 11.4 Å². The van der Waals surface area contributed by atoms with E-state index in [1.165, 1.54) is 16.9 Å². The van der Waals surface area contributed by atoms with Crippen molar-refractivity contribution in [1.82, 2.24) is 4.90 Å². The molecule has 0 bridgehead atoms. The van der Waals surface area contributed by atoms with Gasteiger partial charge in [0.1, 0.15) is 0 Å². The van der Waals surface area contributed by atoms with Crippen LogP contribution in [0.3, 0.4) is 0 Å². The Hall–Kier alpha value is -2.24. The Bertz CT molecular complexity index is 940. The van der Waals surface area contributed by atoms with Crippen LogP contribution >= 0.6 is 11.6 Å². The van der Waals surface area contributed by atoms with Gasteiger partial charge in [-0.1, -0.05) is 29.8 Å². The van der Waals surface area contributed by atoms with Crippen molar-refractivity contribution in [3.05, 3.63) is 59.1 Å². The van der Waals surface area contributed by atoms with E-state index >= 15 is 0 Å². The third kappa shape index (κ3) is 4.01. The normalized spacial score (nSPS) is 28.2. The molecule has 0 aromatic heterocycles. The fraction of sp³-hybridized carbons (Fsp3) is 0.480. The zero-order valence-electron chi connectivity index (χ0n) is 18.2. The highest BCUT2D eigenvalue weighted by molar-refractivity contribution is 6.30. The van der Waals surface area contributed by atoms with E-state index in [0.29, 0.717) is 13.1 Å². The predicted molar refractivity (Wildman–Crippen MR) is 125 cm³/mol. The van der Waals surface area contributed by atoms with Gasteiger partial charge in [0.25, 0.3) is 0 Å². The number of morpholine rings is 1. The number of rotatable bonds is 2. The smallest absolute Gasteiger partial charge is 0.228 e. The van der Waals surface area contributed by atoms with Crippen molar-refractivity contribution in [2.24, 2.45) is 5.92 Å². The van der Waals surface area contributed by atoms with E-state index < -0.39 is 0 Å². The van der Waals surface area contributed by atoms with E-state index in [1.54, 1.807) is 0 Å². The molecule has 3 aliphatic heterocycles. The number of carbonyl (C=O) groups excluding carboxylic acids is 1. The Morgan fingerprint density at radius 1 is 0.968 bits per heavy atom. The van der Waals surface area contributed by atoms with Crippen LogP contribution in [0.5, 0.6) is 0 Å². The molecule has 0 radical (unpaired) electrons. The summed E-state index contributed by atoms with van der Waals surface area (Å²) in [4.78, 5) is 20.7. The molecule has 1 amide bonds. The number of nitrogens with zero attached hydrogens (tertiary/aromatic N) is 3. The van der Waals surface area contributed by atoms with Gasteiger partial charge in [-0.25, -0.2) is 0 Å². The first-order valence-corrected chi connectivity index (χ1v) is 11.7. The van der Waals surface area contributed by atoms with Gasteiger partial charge in [-0.05, 0) is 56.2 Å². The van der Waals surface area contributed by atoms with Crippen molar-refractivity contribution in [1.29, 1.82) is 0 Å². The minimum atomic E-state index is -0.0532. The van der Waals surface area contributed by atoms with Crippen molar-refractivity contribution >= 4 is 28.9 Å². The molecule has 4 unspecified atom stereocenters. The van der Waals surface area contributed by atoms with E-state index in [4.69, 9.17) is 16.3 Å². The van der Waals surface area contributed by atoms with Crippen molar-refractivity contribution in [3.63, 3.8) is 0 Å². The molecule has 0 spiro atoms. The first-order valence-electron chi connectivity index (χ1n) is 11.3. The summed E-state index contributed by atoms with van der Waals surface area (Å²) in [6.45, 7) is 8.14. The third-order valence-electron chi connectivity index (χ3n) is 6.86. The molecule has 5 rings (SSSR count). The molecule has 31 heavy (non-hydrogen) atoms. The van der Waals surface area contributed by atoms with Crippen LogP contribution in [0.1, 0.15) is 19.4 Å². The maximum absolute atomic E-state index is 13.8. The van der Waals surface area contributed by atoms with Crippen LogP contribution < -0.4 is 9.80 Å². The minimum absolute atomic E-state index is 0.0532. The van der Waals surface area contributed by atoms with Crippen LogP contribution in [-0.2, 0) is 16.0 Å². The number of para-hydroxylation sites is 1. The molecule has 5 nitrogen and oxygen atoms in total. The first kappa shape index (κ1) is 20.7. The molecule has 0 aliphatic carbocycles. The highest BCUT2D eigenvalue weighted by Gasteiger charge is 2.43. The average Bonchev–Trinajstić information content (AvgIpc) is 2.77. The van der Waals surface area contributed by atoms with Crippen LogP contribution in [-0.4, -0.2) is 61.8 Å². The summed E-state index contributed by atoms with van der Waals surface area (Å²) in [5.74, 6) is 0.215. The maximum atomic E-state index is 13.8. The zero-order chi connectivity index (χ0) is 21.5. The number of ether oxygens (including phenoxy) is 1. The molecule has 0 N–H and O–H groups in total. The van der Waals surface area contributed by atoms with Crippen molar-refractivity contribution < 1.29 is 9.53 Å². The quantitative estimate of drug-likeness (QED) is 0.712. The highest BCUT2D eigenvalue weighted by atomic mass is 35.5. The van der Waals surface area contributed by atoms with E-state index in [0.717, 1.165) is 31.1 Å². The lowest BCUT2D eigenvalue weighted by molar-refractivity contribution is -0.148. The summed E-state index contributed by atoms with van der Waals surface area (Å²) in [5, 5.41) is 0.748. The van der Waals surface area contributed by atoms with Gasteiger partial charge in [0, 0.05) is 49.1 Å². The molecule has 2 saturated heterocycles. The Labute approximate surface area is 189 Å². The Balaban J connectivity index is 1.45. The number of anilines is 2. The Morgan fingerprint density at radius 2 is 1.68 bits per heavy atom. The van der Waals surface area contributed by atoms with E-state index in [-0.39, 0.29) is 30.1 Å². The van der Waals surface area contributed by atoms with Crippen LogP contribution in [0.15, 0.2) is 48.5 Å². The molecule has 0 saturated carbocycles. The van der Waals surface area contributed by atoms with Crippen LogP contribution in [0.2, 0.25) is 5.02 Å². The molecule has 2 aromatic carbocycles. The standard InChI is InChI=1S/C25H30ClN3O2/c1-17-14-28(15-18(2)31-17)25(30)22-13-19-5-3-4-6-23(19)29-12-11-27(16-24(22)29)21-9-7-20(26)8-10-21/h3-10,17-18,22,24H,11-16H2,1-2H3. The molecular weight excluding hydrogens is 410 g/mol. The van der Waals surface area contributed by atoms with Crippen molar-refractivity contribution in [3.8, 4) is 0 Å². The molecule has 2 fully saturated rings. The number of carbonyl (C=O) groups is 1. The van der Waals surface area contributed by atoms with Gasteiger partial charge in [-0.3, -0.25) is 4.79 Å². The molecule has 2 aromatic rings. The summed E-state index contributed by atoms with van der Waals surface area (Å²) < 4.78 is 5.88.